The molecule has 1 aliphatic carbocycles. The average Bonchev–Trinajstić information content (AvgIpc) is 2.98. The highest BCUT2D eigenvalue weighted by molar-refractivity contribution is 7.12. The molecule has 3 nitrogen and oxygen atoms in total. The van der Waals surface area contributed by atoms with Crippen LogP contribution in [-0.2, 0) is 12.5 Å². The van der Waals surface area contributed by atoms with Crippen molar-refractivity contribution in [1.82, 2.24) is 9.88 Å². The van der Waals surface area contributed by atoms with Crippen molar-refractivity contribution in [2.45, 2.75) is 18.3 Å². The number of aryl methyl sites for hydroxylation is 1. The summed E-state index contributed by atoms with van der Waals surface area (Å²) >= 11 is 1.49. The van der Waals surface area contributed by atoms with Gasteiger partial charge in [0.25, 0.3) is 5.91 Å². The third kappa shape index (κ3) is 2.15. The number of nitrogens with one attached hydrogen (secondary N) is 1. The Hall–Kier alpha value is -2.07. The van der Waals surface area contributed by atoms with Crippen molar-refractivity contribution in [3.05, 3.63) is 58.4 Å². The number of hydrogen-bond acceptors (Lipinski definition) is 2. The molecular weight excluding hydrogens is 292 g/mol. The molecule has 1 saturated carbocycles. The lowest BCUT2D eigenvalue weighted by molar-refractivity contribution is 0.0954. The Balaban J connectivity index is 1.60. The van der Waals surface area contributed by atoms with E-state index in [1.54, 1.807) is 0 Å². The van der Waals surface area contributed by atoms with Crippen molar-refractivity contribution in [3.8, 4) is 0 Å². The number of rotatable bonds is 4. The van der Waals surface area contributed by atoms with Gasteiger partial charge in [-0.2, -0.15) is 0 Å². The highest BCUT2D eigenvalue weighted by Crippen LogP contribution is 2.50. The van der Waals surface area contributed by atoms with E-state index in [0.29, 0.717) is 0 Å². The molecule has 2 heterocycles. The van der Waals surface area contributed by atoms with Crippen LogP contribution in [0, 0.1) is 0 Å². The molecule has 0 unspecified atom stereocenters. The van der Waals surface area contributed by atoms with Gasteiger partial charge in [0.05, 0.1) is 4.88 Å². The second-order valence-corrected chi connectivity index (χ2v) is 7.06. The van der Waals surface area contributed by atoms with E-state index in [4.69, 9.17) is 0 Å². The predicted octanol–water partition coefficient (Wildman–Crippen LogP) is 3.70. The number of nitrogens with zero attached hydrogens (tertiary/aromatic N) is 1. The van der Waals surface area contributed by atoms with Crippen molar-refractivity contribution >= 4 is 28.1 Å². The highest BCUT2D eigenvalue weighted by atomic mass is 32.1. The van der Waals surface area contributed by atoms with Crippen molar-refractivity contribution < 1.29 is 4.79 Å². The van der Waals surface area contributed by atoms with Gasteiger partial charge in [-0.15, -0.1) is 11.3 Å². The Morgan fingerprint density at radius 2 is 2.09 bits per heavy atom. The summed E-state index contributed by atoms with van der Waals surface area (Å²) in [5.41, 5.74) is 2.75. The first-order chi connectivity index (χ1) is 10.7. The Morgan fingerprint density at radius 3 is 2.82 bits per heavy atom. The molecular formula is C18H18N2OS. The summed E-state index contributed by atoms with van der Waals surface area (Å²) < 4.78 is 2.19. The van der Waals surface area contributed by atoms with Crippen LogP contribution in [0.15, 0.2) is 48.0 Å². The molecule has 4 heteroatoms. The number of benzene rings is 1. The molecule has 22 heavy (non-hydrogen) atoms. The van der Waals surface area contributed by atoms with E-state index >= 15 is 0 Å². The quantitative estimate of drug-likeness (QED) is 0.783. The standard InChI is InChI=1S/C18H18N2OS/c1-20-11-14(13-5-2-3-6-15(13)20)18(8-9-18)12-19-17(21)16-7-4-10-22-16/h2-7,10-11H,8-9,12H2,1H3,(H,19,21). The van der Waals surface area contributed by atoms with Gasteiger partial charge in [0.2, 0.25) is 0 Å². The summed E-state index contributed by atoms with van der Waals surface area (Å²) in [5, 5.41) is 6.37. The zero-order chi connectivity index (χ0) is 15.2. The van der Waals surface area contributed by atoms with Crippen molar-refractivity contribution in [1.29, 1.82) is 0 Å². The lowest BCUT2D eigenvalue weighted by Gasteiger charge is -2.15. The van der Waals surface area contributed by atoms with Gasteiger partial charge in [0, 0.05) is 36.1 Å². The van der Waals surface area contributed by atoms with Gasteiger partial charge in [-0.1, -0.05) is 24.3 Å². The normalized spacial score (nSPS) is 15.9. The Bertz CT molecular complexity index is 828. The van der Waals surface area contributed by atoms with Crippen LogP contribution in [0.2, 0.25) is 0 Å². The first-order valence-electron chi connectivity index (χ1n) is 7.56. The number of para-hydroxylation sites is 1. The van der Waals surface area contributed by atoms with Crippen LogP contribution in [0.3, 0.4) is 0 Å². The minimum absolute atomic E-state index is 0.0431. The molecule has 3 aromatic rings. The van der Waals surface area contributed by atoms with Gasteiger partial charge >= 0.3 is 0 Å². The molecule has 2 aromatic heterocycles. The van der Waals surface area contributed by atoms with E-state index in [2.05, 4.69) is 47.4 Å². The molecule has 112 valence electrons. The zero-order valence-corrected chi connectivity index (χ0v) is 13.3. The third-order valence-corrected chi connectivity index (χ3v) is 5.52. The van der Waals surface area contributed by atoms with Crippen molar-refractivity contribution in [2.75, 3.05) is 6.54 Å². The maximum atomic E-state index is 12.2. The van der Waals surface area contributed by atoms with Crippen LogP contribution in [0.1, 0.15) is 28.1 Å². The van der Waals surface area contributed by atoms with Gasteiger partial charge in [-0.05, 0) is 35.9 Å². The van der Waals surface area contributed by atoms with Gasteiger partial charge in [-0.25, -0.2) is 0 Å². The minimum Gasteiger partial charge on any atom is -0.350 e. The van der Waals surface area contributed by atoms with Crippen LogP contribution in [0.4, 0.5) is 0 Å². The van der Waals surface area contributed by atoms with E-state index < -0.39 is 0 Å². The van der Waals surface area contributed by atoms with Gasteiger partial charge in [0.1, 0.15) is 0 Å². The minimum atomic E-state index is 0.0431. The lowest BCUT2D eigenvalue weighted by Crippen LogP contribution is -2.31. The molecule has 0 atom stereocenters. The SMILES string of the molecule is Cn1cc(C2(CNC(=O)c3cccs3)CC2)c2ccccc21. The molecule has 1 N–H and O–H groups in total. The topological polar surface area (TPSA) is 34.0 Å². The highest BCUT2D eigenvalue weighted by Gasteiger charge is 2.46. The first kappa shape index (κ1) is 13.6. The largest absolute Gasteiger partial charge is 0.350 e. The number of fused-ring (bicyclic) bond motifs is 1. The van der Waals surface area contributed by atoms with Crippen LogP contribution < -0.4 is 5.32 Å². The Morgan fingerprint density at radius 1 is 1.27 bits per heavy atom. The number of carbonyl (C=O) groups excluding carboxylic acids is 1. The van der Waals surface area contributed by atoms with E-state index in [1.165, 1.54) is 27.8 Å². The molecule has 0 bridgehead atoms. The molecule has 1 aromatic carbocycles. The molecule has 1 aliphatic rings. The molecule has 0 aliphatic heterocycles. The number of carbonyl (C=O) groups is 1. The third-order valence-electron chi connectivity index (χ3n) is 4.65. The average molecular weight is 310 g/mol. The summed E-state index contributed by atoms with van der Waals surface area (Å²) in [7, 11) is 2.09. The summed E-state index contributed by atoms with van der Waals surface area (Å²) in [5.74, 6) is 0.0431. The monoisotopic (exact) mass is 310 g/mol. The van der Waals surface area contributed by atoms with Gasteiger partial charge in [0.15, 0.2) is 0 Å². The van der Waals surface area contributed by atoms with Crippen molar-refractivity contribution in [3.63, 3.8) is 0 Å². The van der Waals surface area contributed by atoms with Crippen LogP contribution in [0.25, 0.3) is 10.9 Å². The van der Waals surface area contributed by atoms with Crippen LogP contribution in [0.5, 0.6) is 0 Å². The summed E-state index contributed by atoms with van der Waals surface area (Å²) in [6.45, 7) is 0.720. The number of aromatic nitrogens is 1. The van der Waals surface area contributed by atoms with Crippen molar-refractivity contribution in [2.24, 2.45) is 7.05 Å². The Labute approximate surface area is 133 Å². The second-order valence-electron chi connectivity index (χ2n) is 6.11. The van der Waals surface area contributed by atoms with Gasteiger partial charge in [-0.3, -0.25) is 4.79 Å². The van der Waals surface area contributed by atoms with E-state index in [1.807, 2.05) is 17.5 Å². The fourth-order valence-electron chi connectivity index (χ4n) is 3.20. The van der Waals surface area contributed by atoms with Crippen LogP contribution in [-0.4, -0.2) is 17.0 Å². The zero-order valence-electron chi connectivity index (χ0n) is 12.5. The first-order valence-corrected chi connectivity index (χ1v) is 8.44. The summed E-state index contributed by atoms with van der Waals surface area (Å²) in [6, 6.07) is 12.3. The molecule has 0 spiro atoms. The fraction of sp³-hybridized carbons (Fsp3) is 0.278. The van der Waals surface area contributed by atoms with E-state index in [9.17, 15) is 4.79 Å². The second kappa shape index (κ2) is 4.99. The lowest BCUT2D eigenvalue weighted by atomic mass is 9.95. The van der Waals surface area contributed by atoms with Gasteiger partial charge < -0.3 is 9.88 Å². The summed E-state index contributed by atoms with van der Waals surface area (Å²) in [4.78, 5) is 13.0. The van der Waals surface area contributed by atoms with Crippen LogP contribution >= 0.6 is 11.3 Å². The van der Waals surface area contributed by atoms with E-state index in [0.717, 1.165) is 24.3 Å². The Kier molecular flexibility index (Phi) is 3.08. The molecule has 1 amide bonds. The number of hydrogen-bond donors (Lipinski definition) is 1. The molecule has 0 saturated heterocycles. The maximum Gasteiger partial charge on any atom is 0.261 e. The molecule has 0 radical (unpaired) electrons. The molecule has 1 fully saturated rings. The number of amides is 1. The fourth-order valence-corrected chi connectivity index (χ4v) is 3.84. The summed E-state index contributed by atoms with van der Waals surface area (Å²) in [6.07, 6.45) is 4.52. The predicted molar refractivity (Wildman–Crippen MR) is 90.5 cm³/mol. The number of thiophene rings is 1. The maximum absolute atomic E-state index is 12.2. The smallest absolute Gasteiger partial charge is 0.261 e. The van der Waals surface area contributed by atoms with E-state index in [-0.39, 0.29) is 11.3 Å². The molecule has 4 rings (SSSR count).